The molecule has 0 saturated carbocycles. The van der Waals surface area contributed by atoms with Gasteiger partial charge in [-0.25, -0.2) is 9.83 Å². The fraction of sp³-hybridized carbons (Fsp3) is 0. The number of nitrogen functional groups attached to an aromatic ring is 1. The number of nitrogens with zero attached hydrogens (tertiary/aromatic N) is 3. The van der Waals surface area contributed by atoms with E-state index >= 15 is 0 Å². The highest BCUT2D eigenvalue weighted by Crippen LogP contribution is 2.22. The lowest BCUT2D eigenvalue weighted by Crippen LogP contribution is -1.93. The summed E-state index contributed by atoms with van der Waals surface area (Å²) in [4.78, 5) is 7.68. The Kier molecular flexibility index (Phi) is 2.50. The summed E-state index contributed by atoms with van der Waals surface area (Å²) in [7, 11) is 0. The molecule has 0 aliphatic rings. The molecule has 2 aromatic heterocycles. The van der Waals surface area contributed by atoms with Crippen molar-refractivity contribution in [1.82, 2.24) is 15.2 Å². The second-order valence-corrected chi connectivity index (χ2v) is 3.99. The van der Waals surface area contributed by atoms with E-state index in [1.54, 1.807) is 12.1 Å². The first kappa shape index (κ1) is 11.0. The lowest BCUT2D eigenvalue weighted by Gasteiger charge is -2.05. The van der Waals surface area contributed by atoms with Gasteiger partial charge in [0.25, 0.3) is 0 Å². The molecule has 0 fully saturated rings. The lowest BCUT2D eigenvalue weighted by atomic mass is 10.3. The highest BCUT2D eigenvalue weighted by atomic mass is 15.2. The van der Waals surface area contributed by atoms with Gasteiger partial charge in [-0.1, -0.05) is 12.1 Å². The molecule has 2 heterocycles. The average molecular weight is 250 g/mol. The van der Waals surface area contributed by atoms with Crippen LogP contribution in [0.25, 0.3) is 15.9 Å². The average Bonchev–Trinajstić information content (AvgIpc) is 2.81. The number of benzene rings is 1. The summed E-state index contributed by atoms with van der Waals surface area (Å²) in [6.07, 6.45) is 0. The fourth-order valence-corrected chi connectivity index (χ4v) is 1.75. The first-order chi connectivity index (χ1) is 9.26. The third-order valence-corrected chi connectivity index (χ3v) is 2.72. The van der Waals surface area contributed by atoms with Crippen molar-refractivity contribution in [2.24, 2.45) is 0 Å². The first-order valence-corrected chi connectivity index (χ1v) is 5.61. The third-order valence-electron chi connectivity index (χ3n) is 2.72. The van der Waals surface area contributed by atoms with E-state index < -0.39 is 0 Å². The molecule has 0 bridgehead atoms. The van der Waals surface area contributed by atoms with E-state index in [0.717, 1.165) is 11.1 Å². The number of anilines is 3. The largest absolute Gasteiger partial charge is 0.384 e. The Morgan fingerprint density at radius 2 is 1.95 bits per heavy atom. The second kappa shape index (κ2) is 4.31. The van der Waals surface area contributed by atoms with Gasteiger partial charge >= 0.3 is 0 Å². The van der Waals surface area contributed by atoms with Gasteiger partial charge in [0.05, 0.1) is 12.0 Å². The molecule has 4 N–H and O–H groups in total. The van der Waals surface area contributed by atoms with Gasteiger partial charge < -0.3 is 11.1 Å². The zero-order chi connectivity index (χ0) is 13.2. The smallest absolute Gasteiger partial charge is 0.187 e. The van der Waals surface area contributed by atoms with E-state index in [-0.39, 0.29) is 0 Å². The van der Waals surface area contributed by atoms with Gasteiger partial charge in [-0.15, -0.1) is 0 Å². The van der Waals surface area contributed by atoms with Gasteiger partial charge in [-0.2, -0.15) is 5.10 Å². The maximum absolute atomic E-state index is 6.90. The lowest BCUT2D eigenvalue weighted by molar-refractivity contribution is 1.10. The van der Waals surface area contributed by atoms with Crippen molar-refractivity contribution < 1.29 is 0 Å². The second-order valence-electron chi connectivity index (χ2n) is 3.99. The number of aromatic amines is 1. The van der Waals surface area contributed by atoms with Crippen LogP contribution < -0.4 is 11.1 Å². The van der Waals surface area contributed by atoms with Crippen molar-refractivity contribution in [2.75, 3.05) is 11.1 Å². The molecule has 0 unspecified atom stereocenters. The number of pyridine rings is 1. The van der Waals surface area contributed by atoms with Crippen LogP contribution in [0.3, 0.4) is 0 Å². The van der Waals surface area contributed by atoms with E-state index in [2.05, 4.69) is 25.3 Å². The summed E-state index contributed by atoms with van der Waals surface area (Å²) in [5.41, 5.74) is 7.74. The van der Waals surface area contributed by atoms with E-state index in [1.165, 1.54) is 0 Å². The normalized spacial score (nSPS) is 10.3. The van der Waals surface area contributed by atoms with Gasteiger partial charge in [0.15, 0.2) is 11.3 Å². The SMILES string of the molecule is [C-]#[N+]c1ccc(Nc2ccc3c(N)[nH]nc3n2)cc1. The maximum Gasteiger partial charge on any atom is 0.187 e. The van der Waals surface area contributed by atoms with E-state index in [1.807, 2.05) is 24.3 Å². The Bertz CT molecular complexity index is 766. The first-order valence-electron chi connectivity index (χ1n) is 5.61. The van der Waals surface area contributed by atoms with Crippen LogP contribution in [0.2, 0.25) is 0 Å². The van der Waals surface area contributed by atoms with Crippen LogP contribution in [0.1, 0.15) is 0 Å². The van der Waals surface area contributed by atoms with Gasteiger partial charge in [0, 0.05) is 5.69 Å². The monoisotopic (exact) mass is 250 g/mol. The summed E-state index contributed by atoms with van der Waals surface area (Å²) in [5.74, 6) is 1.19. The van der Waals surface area contributed by atoms with E-state index in [4.69, 9.17) is 12.3 Å². The van der Waals surface area contributed by atoms with Crippen LogP contribution >= 0.6 is 0 Å². The minimum atomic E-state index is 0.510. The highest BCUT2D eigenvalue weighted by Gasteiger charge is 2.04. The van der Waals surface area contributed by atoms with Crippen molar-refractivity contribution in [3.05, 3.63) is 47.8 Å². The van der Waals surface area contributed by atoms with Crippen molar-refractivity contribution in [1.29, 1.82) is 0 Å². The zero-order valence-corrected chi connectivity index (χ0v) is 9.88. The van der Waals surface area contributed by atoms with Gasteiger partial charge in [0.1, 0.15) is 11.6 Å². The Balaban J connectivity index is 1.90. The number of nitrogens with two attached hydrogens (primary N) is 1. The fourth-order valence-electron chi connectivity index (χ4n) is 1.75. The molecule has 3 aromatic rings. The topological polar surface area (TPSA) is 84.0 Å². The molecule has 0 aliphatic heterocycles. The summed E-state index contributed by atoms with van der Waals surface area (Å²) in [6.45, 7) is 6.90. The van der Waals surface area contributed by atoms with E-state index in [0.29, 0.717) is 23.0 Å². The summed E-state index contributed by atoms with van der Waals surface area (Å²) < 4.78 is 0. The quantitative estimate of drug-likeness (QED) is 0.610. The summed E-state index contributed by atoms with van der Waals surface area (Å²) in [6, 6.07) is 10.9. The number of H-pyrrole nitrogens is 1. The summed E-state index contributed by atoms with van der Waals surface area (Å²) in [5, 5.41) is 10.6. The Morgan fingerprint density at radius 1 is 1.16 bits per heavy atom. The van der Waals surface area contributed by atoms with Gasteiger partial charge in [0.2, 0.25) is 0 Å². The number of hydrogen-bond acceptors (Lipinski definition) is 4. The molecule has 19 heavy (non-hydrogen) atoms. The number of rotatable bonds is 2. The highest BCUT2D eigenvalue weighted by molar-refractivity contribution is 5.87. The third kappa shape index (κ3) is 2.05. The molecule has 6 nitrogen and oxygen atoms in total. The van der Waals surface area contributed by atoms with E-state index in [9.17, 15) is 0 Å². The molecule has 0 amide bonds. The molecule has 1 aromatic carbocycles. The molecule has 0 aliphatic carbocycles. The Labute approximate surface area is 109 Å². The molecule has 6 heteroatoms. The number of fused-ring (bicyclic) bond motifs is 1. The van der Waals surface area contributed by atoms with Crippen LogP contribution in [0.4, 0.5) is 23.0 Å². The number of hydrogen-bond donors (Lipinski definition) is 3. The minimum Gasteiger partial charge on any atom is -0.384 e. The predicted octanol–water partition coefficient (Wildman–Crippen LogP) is 2.83. The molecular weight excluding hydrogens is 240 g/mol. The van der Waals surface area contributed by atoms with Crippen LogP contribution in [0.5, 0.6) is 0 Å². The Morgan fingerprint density at radius 3 is 2.68 bits per heavy atom. The van der Waals surface area contributed by atoms with Crippen molar-refractivity contribution >= 4 is 34.0 Å². The van der Waals surface area contributed by atoms with Crippen LogP contribution in [0, 0.1) is 6.57 Å². The van der Waals surface area contributed by atoms with Crippen LogP contribution in [-0.2, 0) is 0 Å². The molecule has 3 rings (SSSR count). The van der Waals surface area contributed by atoms with Crippen LogP contribution in [-0.4, -0.2) is 15.2 Å². The predicted molar refractivity (Wildman–Crippen MR) is 74.3 cm³/mol. The molecule has 0 radical (unpaired) electrons. The molecule has 0 spiro atoms. The molecule has 92 valence electrons. The molecular formula is C13H10N6. The molecule has 0 saturated heterocycles. The van der Waals surface area contributed by atoms with Crippen molar-refractivity contribution in [3.8, 4) is 0 Å². The number of nitrogens with one attached hydrogen (secondary N) is 2. The molecule has 0 atom stereocenters. The van der Waals surface area contributed by atoms with Crippen molar-refractivity contribution in [2.45, 2.75) is 0 Å². The maximum atomic E-state index is 6.90. The van der Waals surface area contributed by atoms with Gasteiger partial charge in [-0.3, -0.25) is 5.10 Å². The minimum absolute atomic E-state index is 0.510. The zero-order valence-electron chi connectivity index (χ0n) is 9.88. The number of aromatic nitrogens is 3. The summed E-state index contributed by atoms with van der Waals surface area (Å²) >= 11 is 0. The standard InChI is InChI=1S/C13H10N6/c1-15-8-2-4-9(5-3-8)16-11-7-6-10-12(14)18-19-13(10)17-11/h2-7H,(H4,14,16,17,18,19). The van der Waals surface area contributed by atoms with Crippen LogP contribution in [0.15, 0.2) is 36.4 Å². The Hall–Kier alpha value is -3.07. The van der Waals surface area contributed by atoms with Crippen molar-refractivity contribution in [3.63, 3.8) is 0 Å². The van der Waals surface area contributed by atoms with Gasteiger partial charge in [-0.05, 0) is 24.3 Å².